The molecule has 3 aliphatic carbocycles. The Morgan fingerprint density at radius 1 is 1.16 bits per heavy atom. The molecule has 3 nitrogen and oxygen atoms in total. The van der Waals surface area contributed by atoms with Gasteiger partial charge in [0.2, 0.25) is 0 Å². The van der Waals surface area contributed by atoms with Crippen LogP contribution in [-0.2, 0) is 4.74 Å². The SMILES string of the molecule is COCCN(C(C)C1CC1)C1CCC1CNC1CC1. The van der Waals surface area contributed by atoms with Crippen LogP contribution < -0.4 is 5.32 Å². The third-order valence-corrected chi connectivity index (χ3v) is 5.43. The van der Waals surface area contributed by atoms with Crippen molar-refractivity contribution >= 4 is 0 Å². The molecule has 110 valence electrons. The van der Waals surface area contributed by atoms with Crippen LogP contribution in [0.25, 0.3) is 0 Å². The molecule has 3 aliphatic rings. The first-order valence-corrected chi connectivity index (χ1v) is 8.27. The Labute approximate surface area is 118 Å². The second kappa shape index (κ2) is 6.11. The molecule has 19 heavy (non-hydrogen) atoms. The Balaban J connectivity index is 1.51. The summed E-state index contributed by atoms with van der Waals surface area (Å²) in [5.74, 6) is 1.85. The van der Waals surface area contributed by atoms with Gasteiger partial charge in [0.1, 0.15) is 0 Å². The third-order valence-electron chi connectivity index (χ3n) is 5.43. The predicted molar refractivity (Wildman–Crippen MR) is 78.3 cm³/mol. The summed E-state index contributed by atoms with van der Waals surface area (Å²) >= 11 is 0. The van der Waals surface area contributed by atoms with E-state index in [0.717, 1.165) is 43.1 Å². The van der Waals surface area contributed by atoms with Crippen molar-refractivity contribution in [1.82, 2.24) is 10.2 Å². The van der Waals surface area contributed by atoms with E-state index in [0.29, 0.717) is 0 Å². The number of ether oxygens (including phenoxy) is 1. The minimum Gasteiger partial charge on any atom is -0.383 e. The van der Waals surface area contributed by atoms with Crippen LogP contribution in [0.2, 0.25) is 0 Å². The first-order valence-electron chi connectivity index (χ1n) is 8.27. The van der Waals surface area contributed by atoms with Gasteiger partial charge in [0.25, 0.3) is 0 Å². The highest BCUT2D eigenvalue weighted by Gasteiger charge is 2.41. The van der Waals surface area contributed by atoms with E-state index >= 15 is 0 Å². The lowest BCUT2D eigenvalue weighted by Crippen LogP contribution is -2.55. The molecule has 0 spiro atoms. The minimum absolute atomic E-state index is 0.767. The number of nitrogens with one attached hydrogen (secondary N) is 1. The maximum Gasteiger partial charge on any atom is 0.0589 e. The molecule has 0 bridgehead atoms. The quantitative estimate of drug-likeness (QED) is 0.693. The molecule has 0 aromatic carbocycles. The highest BCUT2D eigenvalue weighted by atomic mass is 16.5. The van der Waals surface area contributed by atoms with Gasteiger partial charge in [-0.1, -0.05) is 0 Å². The van der Waals surface area contributed by atoms with Gasteiger partial charge in [-0.05, 0) is 63.8 Å². The molecule has 0 radical (unpaired) electrons. The summed E-state index contributed by atoms with van der Waals surface area (Å²) in [6.07, 6.45) is 8.53. The molecule has 3 saturated carbocycles. The zero-order chi connectivity index (χ0) is 13.2. The molecule has 0 heterocycles. The standard InChI is InChI=1S/C16H30N2O/c1-12(13-3-4-13)18(9-10-19-2)16-8-5-14(16)11-17-15-6-7-15/h12-17H,3-11H2,1-2H3. The summed E-state index contributed by atoms with van der Waals surface area (Å²) < 4.78 is 5.33. The van der Waals surface area contributed by atoms with E-state index in [1.165, 1.54) is 45.1 Å². The highest BCUT2D eigenvalue weighted by molar-refractivity contribution is 4.96. The van der Waals surface area contributed by atoms with Crippen LogP contribution in [0.3, 0.4) is 0 Å². The van der Waals surface area contributed by atoms with Crippen molar-refractivity contribution in [2.75, 3.05) is 26.8 Å². The van der Waals surface area contributed by atoms with Gasteiger partial charge in [0.15, 0.2) is 0 Å². The monoisotopic (exact) mass is 266 g/mol. The van der Waals surface area contributed by atoms with Crippen LogP contribution in [0.5, 0.6) is 0 Å². The lowest BCUT2D eigenvalue weighted by molar-refractivity contribution is 0.00770. The van der Waals surface area contributed by atoms with E-state index in [1.54, 1.807) is 0 Å². The van der Waals surface area contributed by atoms with Gasteiger partial charge in [-0.2, -0.15) is 0 Å². The molecule has 0 aliphatic heterocycles. The molecule has 3 atom stereocenters. The number of hydrogen-bond acceptors (Lipinski definition) is 3. The third kappa shape index (κ3) is 3.50. The van der Waals surface area contributed by atoms with Crippen molar-refractivity contribution < 1.29 is 4.74 Å². The van der Waals surface area contributed by atoms with Crippen LogP contribution >= 0.6 is 0 Å². The van der Waals surface area contributed by atoms with Crippen LogP contribution in [0.4, 0.5) is 0 Å². The minimum atomic E-state index is 0.767. The summed E-state index contributed by atoms with van der Waals surface area (Å²) in [6.45, 7) is 5.70. The van der Waals surface area contributed by atoms with Crippen molar-refractivity contribution in [2.24, 2.45) is 11.8 Å². The molecular weight excluding hydrogens is 236 g/mol. The smallest absolute Gasteiger partial charge is 0.0589 e. The van der Waals surface area contributed by atoms with Crippen molar-refractivity contribution in [1.29, 1.82) is 0 Å². The van der Waals surface area contributed by atoms with Crippen molar-refractivity contribution in [3.63, 3.8) is 0 Å². The summed E-state index contributed by atoms with van der Waals surface area (Å²) in [6, 6.07) is 2.44. The lowest BCUT2D eigenvalue weighted by atomic mass is 9.77. The highest BCUT2D eigenvalue weighted by Crippen LogP contribution is 2.40. The molecule has 3 fully saturated rings. The van der Waals surface area contributed by atoms with E-state index in [2.05, 4.69) is 17.1 Å². The van der Waals surface area contributed by atoms with E-state index < -0.39 is 0 Å². The summed E-state index contributed by atoms with van der Waals surface area (Å²) in [7, 11) is 1.83. The molecule has 3 rings (SSSR count). The molecular formula is C16H30N2O. The summed E-state index contributed by atoms with van der Waals surface area (Å²) in [4.78, 5) is 2.77. The largest absolute Gasteiger partial charge is 0.383 e. The number of nitrogens with zero attached hydrogens (tertiary/aromatic N) is 1. The fourth-order valence-corrected chi connectivity index (χ4v) is 3.55. The van der Waals surface area contributed by atoms with Crippen LogP contribution in [0.15, 0.2) is 0 Å². The summed E-state index contributed by atoms with van der Waals surface area (Å²) in [5.41, 5.74) is 0. The second-order valence-electron chi connectivity index (χ2n) is 6.90. The average Bonchev–Trinajstić information content (AvgIpc) is 3.25. The van der Waals surface area contributed by atoms with Crippen molar-refractivity contribution in [3.8, 4) is 0 Å². The van der Waals surface area contributed by atoms with Crippen LogP contribution in [-0.4, -0.2) is 49.8 Å². The molecule has 3 unspecified atom stereocenters. The van der Waals surface area contributed by atoms with E-state index in [-0.39, 0.29) is 0 Å². The lowest BCUT2D eigenvalue weighted by Gasteiger charge is -2.47. The van der Waals surface area contributed by atoms with Gasteiger partial charge in [-0.25, -0.2) is 0 Å². The van der Waals surface area contributed by atoms with Crippen molar-refractivity contribution in [3.05, 3.63) is 0 Å². The second-order valence-corrected chi connectivity index (χ2v) is 6.90. The van der Waals surface area contributed by atoms with E-state index in [9.17, 15) is 0 Å². The number of hydrogen-bond donors (Lipinski definition) is 1. The zero-order valence-electron chi connectivity index (χ0n) is 12.6. The Hall–Kier alpha value is -0.120. The average molecular weight is 266 g/mol. The fourth-order valence-electron chi connectivity index (χ4n) is 3.55. The van der Waals surface area contributed by atoms with E-state index in [4.69, 9.17) is 4.74 Å². The molecule has 0 amide bonds. The normalized spacial score (nSPS) is 32.4. The van der Waals surface area contributed by atoms with Crippen molar-refractivity contribution in [2.45, 2.75) is 63.6 Å². The first kappa shape index (κ1) is 13.8. The summed E-state index contributed by atoms with van der Waals surface area (Å²) in [5, 5.41) is 3.73. The molecule has 0 saturated heterocycles. The van der Waals surface area contributed by atoms with Gasteiger partial charge < -0.3 is 10.1 Å². The van der Waals surface area contributed by atoms with Gasteiger partial charge in [0.05, 0.1) is 6.61 Å². The Kier molecular flexibility index (Phi) is 4.45. The molecule has 0 aromatic rings. The maximum absolute atomic E-state index is 5.33. The van der Waals surface area contributed by atoms with Gasteiger partial charge in [-0.15, -0.1) is 0 Å². The molecule has 3 heteroatoms. The van der Waals surface area contributed by atoms with Gasteiger partial charge in [0, 0.05) is 31.8 Å². The Morgan fingerprint density at radius 2 is 1.95 bits per heavy atom. The fraction of sp³-hybridized carbons (Fsp3) is 1.00. The van der Waals surface area contributed by atoms with Gasteiger partial charge in [-0.3, -0.25) is 4.90 Å². The zero-order valence-corrected chi connectivity index (χ0v) is 12.6. The number of methoxy groups -OCH3 is 1. The topological polar surface area (TPSA) is 24.5 Å². The van der Waals surface area contributed by atoms with E-state index in [1.807, 2.05) is 7.11 Å². The van der Waals surface area contributed by atoms with Gasteiger partial charge >= 0.3 is 0 Å². The number of rotatable bonds is 9. The molecule has 0 aromatic heterocycles. The Morgan fingerprint density at radius 3 is 2.47 bits per heavy atom. The van der Waals surface area contributed by atoms with Crippen LogP contribution in [0, 0.1) is 11.8 Å². The first-order chi connectivity index (χ1) is 9.29. The van der Waals surface area contributed by atoms with Crippen LogP contribution in [0.1, 0.15) is 45.4 Å². The predicted octanol–water partition coefficient (Wildman–Crippen LogP) is 2.26. The maximum atomic E-state index is 5.33. The Bertz CT molecular complexity index is 288. The molecule has 1 N–H and O–H groups in total.